The molecular weight excluding hydrogens is 340 g/mol. The first-order valence-electron chi connectivity index (χ1n) is 8.06. The lowest BCUT2D eigenvalue weighted by Crippen LogP contribution is -2.20. The Morgan fingerprint density at radius 1 is 1.04 bits per heavy atom. The van der Waals surface area contributed by atoms with Gasteiger partial charge in [0, 0.05) is 23.8 Å². The van der Waals surface area contributed by atoms with E-state index in [0.717, 1.165) is 6.07 Å². The minimum Gasteiger partial charge on any atom is -0.508 e. The highest BCUT2D eigenvalue weighted by Crippen LogP contribution is 2.39. The van der Waals surface area contributed by atoms with Crippen molar-refractivity contribution in [2.45, 2.75) is 32.3 Å². The van der Waals surface area contributed by atoms with Crippen LogP contribution in [0.2, 0.25) is 0 Å². The van der Waals surface area contributed by atoms with E-state index in [1.165, 1.54) is 19.2 Å². The monoisotopic (exact) mass is 360 g/mol. The number of aromatic hydroxyl groups is 3. The molecule has 0 fully saturated rings. The Morgan fingerprint density at radius 2 is 1.69 bits per heavy atom. The molecule has 7 nitrogen and oxygen atoms in total. The van der Waals surface area contributed by atoms with E-state index in [1.54, 1.807) is 13.8 Å². The molecule has 26 heavy (non-hydrogen) atoms. The summed E-state index contributed by atoms with van der Waals surface area (Å²) < 4.78 is 10.9. The van der Waals surface area contributed by atoms with Crippen LogP contribution >= 0.6 is 0 Å². The predicted molar refractivity (Wildman–Crippen MR) is 96.2 cm³/mol. The average Bonchev–Trinajstić information content (AvgIpc) is 2.50. The Balaban J connectivity index is 2.42. The molecule has 0 radical (unpaired) electrons. The number of ether oxygens (including phenoxy) is 1. The molecule has 3 rings (SSSR count). The van der Waals surface area contributed by atoms with Crippen LogP contribution < -0.4 is 10.2 Å². The summed E-state index contributed by atoms with van der Waals surface area (Å²) in [5.74, 6) is -0.752. The van der Waals surface area contributed by atoms with Gasteiger partial charge in [0.25, 0.3) is 0 Å². The fourth-order valence-corrected chi connectivity index (χ4v) is 3.04. The summed E-state index contributed by atoms with van der Waals surface area (Å²) in [4.78, 5) is 13.0. The van der Waals surface area contributed by atoms with Crippen molar-refractivity contribution in [1.82, 2.24) is 0 Å². The minimum absolute atomic E-state index is 0.00185. The Hall–Kier alpha value is -2.93. The van der Waals surface area contributed by atoms with E-state index in [1.807, 2.05) is 0 Å². The molecule has 138 valence electrons. The van der Waals surface area contributed by atoms with Gasteiger partial charge in [-0.15, -0.1) is 0 Å². The van der Waals surface area contributed by atoms with E-state index in [2.05, 4.69) is 0 Å². The van der Waals surface area contributed by atoms with Gasteiger partial charge in [-0.3, -0.25) is 4.79 Å². The van der Waals surface area contributed by atoms with Crippen molar-refractivity contribution in [3.8, 4) is 23.0 Å². The largest absolute Gasteiger partial charge is 0.508 e. The van der Waals surface area contributed by atoms with E-state index in [9.17, 15) is 25.2 Å². The van der Waals surface area contributed by atoms with Crippen LogP contribution in [0.5, 0.6) is 23.0 Å². The third-order valence-electron chi connectivity index (χ3n) is 4.25. The van der Waals surface area contributed by atoms with E-state index in [0.29, 0.717) is 12.0 Å². The van der Waals surface area contributed by atoms with Crippen LogP contribution in [0.1, 0.15) is 25.8 Å². The molecule has 0 saturated carbocycles. The first kappa shape index (κ1) is 17.9. The number of benzene rings is 2. The summed E-state index contributed by atoms with van der Waals surface area (Å²) in [6, 6.07) is 3.52. The lowest BCUT2D eigenvalue weighted by atomic mass is 9.95. The van der Waals surface area contributed by atoms with Gasteiger partial charge in [-0.2, -0.15) is 0 Å². The smallest absolute Gasteiger partial charge is 0.204 e. The molecule has 7 heteroatoms. The van der Waals surface area contributed by atoms with Crippen molar-refractivity contribution >= 4 is 21.9 Å². The second-order valence-electron chi connectivity index (χ2n) is 6.86. The first-order valence-corrected chi connectivity index (χ1v) is 8.06. The molecule has 0 saturated heterocycles. The van der Waals surface area contributed by atoms with Crippen LogP contribution in [0.3, 0.4) is 0 Å². The maximum atomic E-state index is 13.0. The van der Waals surface area contributed by atoms with Crippen molar-refractivity contribution in [3.63, 3.8) is 0 Å². The quantitative estimate of drug-likeness (QED) is 0.528. The highest BCUT2D eigenvalue weighted by molar-refractivity contribution is 5.96. The molecule has 0 bridgehead atoms. The van der Waals surface area contributed by atoms with Gasteiger partial charge in [-0.05, 0) is 26.7 Å². The normalized spacial score (nSPS) is 12.0. The SMILES string of the molecule is COc1c(O)cc2oc3cc(O)cc(O)c3c(=O)c2c1CCC(C)(C)O. The van der Waals surface area contributed by atoms with Crippen LogP contribution in [-0.4, -0.2) is 33.1 Å². The van der Waals surface area contributed by atoms with Crippen LogP contribution in [0.15, 0.2) is 27.4 Å². The van der Waals surface area contributed by atoms with Gasteiger partial charge < -0.3 is 29.6 Å². The Bertz CT molecular complexity index is 1060. The lowest BCUT2D eigenvalue weighted by molar-refractivity contribution is 0.0713. The second kappa shape index (κ2) is 6.10. The van der Waals surface area contributed by atoms with Crippen molar-refractivity contribution in [2.24, 2.45) is 0 Å². The molecule has 0 spiro atoms. The van der Waals surface area contributed by atoms with Gasteiger partial charge in [0.15, 0.2) is 11.5 Å². The van der Waals surface area contributed by atoms with Crippen LogP contribution in [0.25, 0.3) is 21.9 Å². The zero-order valence-corrected chi connectivity index (χ0v) is 14.7. The zero-order chi connectivity index (χ0) is 19.2. The number of phenols is 3. The second-order valence-corrected chi connectivity index (χ2v) is 6.86. The Morgan fingerprint density at radius 3 is 2.31 bits per heavy atom. The van der Waals surface area contributed by atoms with Gasteiger partial charge >= 0.3 is 0 Å². The number of phenolic OH excluding ortho intramolecular Hbond substituents is 3. The molecular formula is C19H20O7. The molecule has 1 aromatic heterocycles. The fourth-order valence-electron chi connectivity index (χ4n) is 3.04. The predicted octanol–water partition coefficient (Wildman–Crippen LogP) is 2.78. The van der Waals surface area contributed by atoms with E-state index in [4.69, 9.17) is 9.15 Å². The fraction of sp³-hybridized carbons (Fsp3) is 0.316. The van der Waals surface area contributed by atoms with E-state index >= 15 is 0 Å². The topological polar surface area (TPSA) is 120 Å². The number of hydrogen-bond donors (Lipinski definition) is 4. The number of hydrogen-bond acceptors (Lipinski definition) is 7. The van der Waals surface area contributed by atoms with Gasteiger partial charge in [-0.25, -0.2) is 0 Å². The third kappa shape index (κ3) is 3.01. The standard InChI is InChI=1S/C19H20O7/c1-19(2,24)5-4-10-15-14(8-12(22)18(10)25-3)26-13-7-9(20)6-11(21)16(13)17(15)23/h6-8,20-22,24H,4-5H2,1-3H3. The number of fused-ring (bicyclic) bond motifs is 2. The number of aliphatic hydroxyl groups is 1. The highest BCUT2D eigenvalue weighted by Gasteiger charge is 2.23. The molecule has 0 aliphatic heterocycles. The molecule has 0 aliphatic carbocycles. The summed E-state index contributed by atoms with van der Waals surface area (Å²) in [5.41, 5.74) is -1.03. The highest BCUT2D eigenvalue weighted by atomic mass is 16.5. The average molecular weight is 360 g/mol. The van der Waals surface area contributed by atoms with Crippen LogP contribution in [-0.2, 0) is 6.42 Å². The first-order chi connectivity index (χ1) is 12.1. The van der Waals surface area contributed by atoms with Gasteiger partial charge in [0.05, 0.1) is 18.1 Å². The minimum atomic E-state index is -0.992. The summed E-state index contributed by atoms with van der Waals surface area (Å²) in [6.45, 7) is 3.27. The molecule has 3 aromatic rings. The van der Waals surface area contributed by atoms with Crippen LogP contribution in [0, 0.1) is 0 Å². The number of rotatable bonds is 4. The van der Waals surface area contributed by atoms with Crippen molar-refractivity contribution in [2.75, 3.05) is 7.11 Å². The van der Waals surface area contributed by atoms with Crippen molar-refractivity contribution < 1.29 is 29.6 Å². The molecule has 0 unspecified atom stereocenters. The third-order valence-corrected chi connectivity index (χ3v) is 4.25. The molecule has 1 heterocycles. The summed E-state index contributed by atoms with van der Waals surface area (Å²) in [6.07, 6.45) is 0.549. The summed E-state index contributed by atoms with van der Waals surface area (Å²) in [5, 5.41) is 40.0. The van der Waals surface area contributed by atoms with Crippen molar-refractivity contribution in [1.29, 1.82) is 0 Å². The number of aryl methyl sites for hydroxylation is 1. The van der Waals surface area contributed by atoms with E-state index in [-0.39, 0.29) is 45.6 Å². The zero-order valence-electron chi connectivity index (χ0n) is 14.7. The molecule has 0 aliphatic rings. The van der Waals surface area contributed by atoms with Crippen LogP contribution in [0.4, 0.5) is 0 Å². The molecule has 2 aromatic carbocycles. The lowest BCUT2D eigenvalue weighted by Gasteiger charge is -2.19. The summed E-state index contributed by atoms with van der Waals surface area (Å²) >= 11 is 0. The maximum absolute atomic E-state index is 13.0. The maximum Gasteiger partial charge on any atom is 0.204 e. The Kier molecular flexibility index (Phi) is 4.20. The van der Waals surface area contributed by atoms with Crippen molar-refractivity contribution in [3.05, 3.63) is 34.0 Å². The van der Waals surface area contributed by atoms with Gasteiger partial charge in [0.1, 0.15) is 28.1 Å². The molecule has 0 atom stereocenters. The molecule has 0 amide bonds. The number of methoxy groups -OCH3 is 1. The Labute approximate surface area is 148 Å². The molecule has 4 N–H and O–H groups in total. The van der Waals surface area contributed by atoms with Gasteiger partial charge in [-0.1, -0.05) is 0 Å². The van der Waals surface area contributed by atoms with Gasteiger partial charge in [0.2, 0.25) is 5.43 Å². The summed E-state index contributed by atoms with van der Waals surface area (Å²) in [7, 11) is 1.37. The van der Waals surface area contributed by atoms with E-state index < -0.39 is 16.8 Å².